The zero-order chi connectivity index (χ0) is 65.4. The summed E-state index contributed by atoms with van der Waals surface area (Å²) in [6.45, 7) is -8.03. The van der Waals surface area contributed by atoms with Gasteiger partial charge in [-0.25, -0.2) is 0 Å². The summed E-state index contributed by atoms with van der Waals surface area (Å²) in [6, 6.07) is 0. The number of rotatable bonds is 22. The minimum atomic E-state index is -2.36. The van der Waals surface area contributed by atoms with Crippen LogP contribution in [-0.4, -0.2) is 431 Å². The molecule has 8 heterocycles. The number of aliphatic hydroxyl groups is 26. The Hall–Kier alpha value is -1.64. The summed E-state index contributed by atoms with van der Waals surface area (Å²) in [5, 5.41) is 277. The molecule has 0 amide bonds. The van der Waals surface area contributed by atoms with E-state index in [0.717, 1.165) is 0 Å². The summed E-state index contributed by atoms with van der Waals surface area (Å²) in [6.07, 6.45) is -79.6. The highest BCUT2D eigenvalue weighted by atomic mass is 16.8. The van der Waals surface area contributed by atoms with Crippen molar-refractivity contribution in [2.45, 2.75) is 246 Å². The molecule has 8 aliphatic rings. The maximum Gasteiger partial charge on any atom is 0.187 e. The molecule has 8 rings (SSSR count). The SMILES string of the molecule is OC[C@H]1O[C@H](OC[C@H]2O[C@H](O[C@H]3[C@H](O)[C@@H](O)[C@@H](O[C@H]4[C@H](O)[C@@H](O)[C@@H](O[C@H]5[C@H](O)[C@@H](O)[C@@H](O[C@H]6[C@H](O)[C@@H](O)C(O)O[C@@H]6CO)O[C@@H]5CO)O[C@@H]4CO)O[C@@H]3CO)[C@H](O)[C@@H](O)[C@@H]2O[C@H]2O[C@H](CO)[C@@H](O[C@H]3O[C@H](CO)[C@@H](O)[C@H](O)[C@H]3O)[C@H](O)[C@H]2O)[C@H](O)[C@@H](O)[C@@H]1O. The molecule has 0 aromatic heterocycles. The third-order valence-electron chi connectivity index (χ3n) is 16.6. The maximum atomic E-state index is 11.7. The van der Waals surface area contributed by atoms with Crippen LogP contribution >= 0.6 is 0 Å². The van der Waals surface area contributed by atoms with Gasteiger partial charge in [-0.3, -0.25) is 0 Å². The molecule has 8 aliphatic heterocycles. The highest BCUT2D eigenvalue weighted by Crippen LogP contribution is 2.38. The Labute approximate surface area is 501 Å². The van der Waals surface area contributed by atoms with Crippen LogP contribution in [0.15, 0.2) is 0 Å². The van der Waals surface area contributed by atoms with Gasteiger partial charge in [0, 0.05) is 0 Å². The number of hydrogen-bond donors (Lipinski definition) is 26. The van der Waals surface area contributed by atoms with Gasteiger partial charge in [0.05, 0.1) is 52.9 Å². The molecule has 41 nitrogen and oxygen atoms in total. The van der Waals surface area contributed by atoms with Gasteiger partial charge in [0.2, 0.25) is 0 Å². The third-order valence-corrected chi connectivity index (χ3v) is 16.6. The van der Waals surface area contributed by atoms with Crippen molar-refractivity contribution in [1.29, 1.82) is 0 Å². The van der Waals surface area contributed by atoms with E-state index in [0.29, 0.717) is 0 Å². The molecule has 40 atom stereocenters. The highest BCUT2D eigenvalue weighted by Gasteiger charge is 2.59. The average molecular weight is 1320 g/mol. The topological polar surface area (TPSA) is 664 Å². The van der Waals surface area contributed by atoms with Crippen LogP contribution in [0, 0.1) is 0 Å². The largest absolute Gasteiger partial charge is 0.394 e. The van der Waals surface area contributed by atoms with Crippen LogP contribution in [0.5, 0.6) is 0 Å². The summed E-state index contributed by atoms with van der Waals surface area (Å²) in [5.74, 6) is 0. The van der Waals surface area contributed by atoms with Crippen LogP contribution in [-0.2, 0) is 71.1 Å². The Morgan fingerprint density at radius 2 is 0.393 bits per heavy atom. The minimum absolute atomic E-state index is 0.890. The fraction of sp³-hybridized carbons (Fsp3) is 1.00. The van der Waals surface area contributed by atoms with Gasteiger partial charge >= 0.3 is 0 Å². The van der Waals surface area contributed by atoms with E-state index < -0.39 is 299 Å². The molecule has 0 aromatic carbocycles. The third kappa shape index (κ3) is 15.2. The zero-order valence-corrected chi connectivity index (χ0v) is 46.5. The van der Waals surface area contributed by atoms with E-state index in [1.54, 1.807) is 0 Å². The van der Waals surface area contributed by atoms with Crippen molar-refractivity contribution < 1.29 is 204 Å². The first kappa shape index (κ1) is 73.2. The lowest BCUT2D eigenvalue weighted by atomic mass is 9.95. The first-order valence-corrected chi connectivity index (χ1v) is 28.2. The molecule has 1 unspecified atom stereocenters. The van der Waals surface area contributed by atoms with E-state index in [1.165, 1.54) is 0 Å². The van der Waals surface area contributed by atoms with Crippen molar-refractivity contribution in [2.24, 2.45) is 0 Å². The highest BCUT2D eigenvalue weighted by molar-refractivity contribution is 5.01. The molecular formula is C48H82O41. The first-order chi connectivity index (χ1) is 42.2. The van der Waals surface area contributed by atoms with Crippen molar-refractivity contribution in [2.75, 3.05) is 52.9 Å². The maximum absolute atomic E-state index is 11.7. The fourth-order valence-electron chi connectivity index (χ4n) is 11.4. The second kappa shape index (κ2) is 31.5. The molecule has 520 valence electrons. The Bertz CT molecular complexity index is 2120. The quantitative estimate of drug-likeness (QED) is 0.0479. The fourth-order valence-corrected chi connectivity index (χ4v) is 11.4. The molecule has 41 heteroatoms. The van der Waals surface area contributed by atoms with Crippen molar-refractivity contribution in [1.82, 2.24) is 0 Å². The van der Waals surface area contributed by atoms with Crippen molar-refractivity contribution in [3.8, 4) is 0 Å². The van der Waals surface area contributed by atoms with Gasteiger partial charge in [0.1, 0.15) is 195 Å². The summed E-state index contributed by atoms with van der Waals surface area (Å²) in [5.41, 5.74) is 0. The van der Waals surface area contributed by atoms with Gasteiger partial charge in [0.15, 0.2) is 50.3 Å². The zero-order valence-electron chi connectivity index (χ0n) is 46.5. The van der Waals surface area contributed by atoms with Crippen LogP contribution in [0.3, 0.4) is 0 Å². The van der Waals surface area contributed by atoms with E-state index in [4.69, 9.17) is 71.1 Å². The van der Waals surface area contributed by atoms with Gasteiger partial charge in [-0.2, -0.15) is 0 Å². The normalized spacial score (nSPS) is 53.6. The van der Waals surface area contributed by atoms with E-state index >= 15 is 0 Å². The van der Waals surface area contributed by atoms with Gasteiger partial charge < -0.3 is 204 Å². The van der Waals surface area contributed by atoms with Crippen LogP contribution in [0.2, 0.25) is 0 Å². The van der Waals surface area contributed by atoms with Crippen LogP contribution in [0.4, 0.5) is 0 Å². The predicted molar refractivity (Wildman–Crippen MR) is 264 cm³/mol. The average Bonchev–Trinajstić information content (AvgIpc) is 1.000. The Kier molecular flexibility index (Phi) is 25.9. The van der Waals surface area contributed by atoms with Gasteiger partial charge in [-0.1, -0.05) is 0 Å². The summed E-state index contributed by atoms with van der Waals surface area (Å²) >= 11 is 0. The lowest BCUT2D eigenvalue weighted by molar-refractivity contribution is -0.399. The van der Waals surface area contributed by atoms with E-state index in [-0.39, 0.29) is 0 Å². The number of hydrogen-bond acceptors (Lipinski definition) is 41. The van der Waals surface area contributed by atoms with Gasteiger partial charge in [-0.15, -0.1) is 0 Å². The van der Waals surface area contributed by atoms with Crippen LogP contribution < -0.4 is 0 Å². The van der Waals surface area contributed by atoms with Crippen molar-refractivity contribution >= 4 is 0 Å². The molecule has 0 radical (unpaired) electrons. The molecule has 0 aliphatic carbocycles. The number of ether oxygens (including phenoxy) is 15. The molecule has 0 aromatic rings. The summed E-state index contributed by atoms with van der Waals surface area (Å²) in [7, 11) is 0. The predicted octanol–water partition coefficient (Wildman–Crippen LogP) is -18.5. The number of aliphatic hydroxyl groups excluding tert-OH is 26. The van der Waals surface area contributed by atoms with Crippen LogP contribution in [0.1, 0.15) is 0 Å². The lowest BCUT2D eigenvalue weighted by Crippen LogP contribution is -2.68. The second-order valence-electron chi connectivity index (χ2n) is 22.4. The van der Waals surface area contributed by atoms with Gasteiger partial charge in [0.25, 0.3) is 0 Å². The molecule has 8 fully saturated rings. The minimum Gasteiger partial charge on any atom is -0.394 e. The van der Waals surface area contributed by atoms with E-state index in [9.17, 15) is 133 Å². The standard InChI is InChI=1S/C48H82O41/c49-1-9-17(56)19(58)28(67)42(77-9)75-8-16-40(89-47-33(72)25(64)36(12(4-52)82-47)85-43-29(68)20(59)18(57)10(2-50)78-43)26(65)34(73)48(83-16)88-39-15(7-55)81-46(32(71)24(39)63)87-38-14(6-54)80-45(31(70)23(38)62)86-37-13(5-53)79-44(30(69)22(37)61)84-35-11(3-51)76-41(74)27(66)21(35)60/h9-74H,1-8H2/t9-,10-,11-,12-,13-,14-,15-,16-,17-,18-,19+,20+,21-,22-,23-,24-,25-,26-,27-,28-,29-,30-,31-,32-,33-,34-,35-,36-,37-,38-,39-,40-,41?,42+,43-,44-,45-,46-,47-,48-/m1/s1. The molecule has 0 spiro atoms. The van der Waals surface area contributed by atoms with E-state index in [1.807, 2.05) is 0 Å². The lowest BCUT2D eigenvalue weighted by Gasteiger charge is -2.50. The summed E-state index contributed by atoms with van der Waals surface area (Å²) < 4.78 is 84.0. The molecule has 26 N–H and O–H groups in total. The van der Waals surface area contributed by atoms with E-state index in [2.05, 4.69) is 0 Å². The molecule has 0 bridgehead atoms. The monoisotopic (exact) mass is 1310 g/mol. The molecule has 0 saturated carbocycles. The second-order valence-corrected chi connectivity index (χ2v) is 22.4. The Morgan fingerprint density at radius 1 is 0.191 bits per heavy atom. The van der Waals surface area contributed by atoms with Crippen molar-refractivity contribution in [3.63, 3.8) is 0 Å². The smallest absolute Gasteiger partial charge is 0.187 e. The Morgan fingerprint density at radius 3 is 0.674 bits per heavy atom. The molecule has 8 saturated heterocycles. The van der Waals surface area contributed by atoms with Crippen LogP contribution in [0.25, 0.3) is 0 Å². The van der Waals surface area contributed by atoms with Gasteiger partial charge in [-0.05, 0) is 0 Å². The van der Waals surface area contributed by atoms with Crippen molar-refractivity contribution in [3.05, 3.63) is 0 Å². The Balaban J connectivity index is 0.934. The molecule has 89 heavy (non-hydrogen) atoms. The summed E-state index contributed by atoms with van der Waals surface area (Å²) in [4.78, 5) is 0. The first-order valence-electron chi connectivity index (χ1n) is 28.2. The molecular weight excluding hydrogens is 1230 g/mol.